The van der Waals surface area contributed by atoms with Gasteiger partial charge in [-0.15, -0.1) is 0 Å². The van der Waals surface area contributed by atoms with Gasteiger partial charge in [0.25, 0.3) is 0 Å². The number of carbonyl (C=O) groups is 1. The van der Waals surface area contributed by atoms with E-state index in [0.29, 0.717) is 18.0 Å². The molecular weight excluding hydrogens is 336 g/mol. The number of sulfonamides is 1. The molecule has 5 nitrogen and oxygen atoms in total. The fourth-order valence-electron chi connectivity index (χ4n) is 3.86. The SMILES string of the molecule is Cc1ccc(C)c(S(=O)(=O)N2CCC[C@H](C(=O)N3CCCCC3)C2)c1. The first-order valence-electron chi connectivity index (χ1n) is 9.26. The highest BCUT2D eigenvalue weighted by molar-refractivity contribution is 7.89. The molecule has 1 amide bonds. The van der Waals surface area contributed by atoms with Crippen molar-refractivity contribution in [2.24, 2.45) is 5.92 Å². The van der Waals surface area contributed by atoms with Crippen molar-refractivity contribution < 1.29 is 13.2 Å². The fraction of sp³-hybridized carbons (Fsp3) is 0.632. The number of nitrogens with zero attached hydrogens (tertiary/aromatic N) is 2. The predicted molar refractivity (Wildman–Crippen MR) is 97.8 cm³/mol. The van der Waals surface area contributed by atoms with Crippen LogP contribution in [0.1, 0.15) is 43.2 Å². The highest BCUT2D eigenvalue weighted by Gasteiger charge is 2.35. The molecule has 2 saturated heterocycles. The van der Waals surface area contributed by atoms with E-state index in [9.17, 15) is 13.2 Å². The monoisotopic (exact) mass is 364 g/mol. The standard InChI is InChI=1S/C19H28N2O3S/c1-15-8-9-16(2)18(13-15)25(23,24)21-12-6-7-17(14-21)19(22)20-10-4-3-5-11-20/h8-9,13,17H,3-7,10-12,14H2,1-2H3/t17-/m0/s1. The third kappa shape index (κ3) is 3.90. The van der Waals surface area contributed by atoms with Crippen LogP contribution in [0.2, 0.25) is 0 Å². The highest BCUT2D eigenvalue weighted by Crippen LogP contribution is 2.27. The lowest BCUT2D eigenvalue weighted by Crippen LogP contribution is -2.47. The minimum atomic E-state index is -3.55. The summed E-state index contributed by atoms with van der Waals surface area (Å²) in [7, 11) is -3.55. The zero-order chi connectivity index (χ0) is 18.0. The maximum absolute atomic E-state index is 13.1. The van der Waals surface area contributed by atoms with Gasteiger partial charge in [0.15, 0.2) is 0 Å². The minimum absolute atomic E-state index is 0.139. The molecule has 1 atom stereocenters. The van der Waals surface area contributed by atoms with Crippen LogP contribution in [0.3, 0.4) is 0 Å². The second kappa shape index (κ2) is 7.46. The van der Waals surface area contributed by atoms with Crippen LogP contribution in [0.4, 0.5) is 0 Å². The van der Waals surface area contributed by atoms with Crippen LogP contribution in [0.15, 0.2) is 23.1 Å². The molecule has 2 fully saturated rings. The topological polar surface area (TPSA) is 57.7 Å². The first-order chi connectivity index (χ1) is 11.9. The van der Waals surface area contributed by atoms with Gasteiger partial charge in [-0.3, -0.25) is 4.79 Å². The van der Waals surface area contributed by atoms with Gasteiger partial charge in [-0.2, -0.15) is 4.31 Å². The molecule has 0 radical (unpaired) electrons. The number of hydrogen-bond donors (Lipinski definition) is 0. The van der Waals surface area contributed by atoms with Gasteiger partial charge < -0.3 is 4.90 Å². The minimum Gasteiger partial charge on any atom is -0.342 e. The maximum Gasteiger partial charge on any atom is 0.243 e. The third-order valence-corrected chi connectivity index (χ3v) is 7.37. The second-order valence-corrected chi connectivity index (χ2v) is 9.26. The number of amides is 1. The molecule has 3 rings (SSSR count). The van der Waals surface area contributed by atoms with E-state index in [1.54, 1.807) is 6.07 Å². The number of rotatable bonds is 3. The van der Waals surface area contributed by atoms with Gasteiger partial charge in [0.05, 0.1) is 10.8 Å². The van der Waals surface area contributed by atoms with Gasteiger partial charge in [0.1, 0.15) is 0 Å². The molecule has 2 aliphatic heterocycles. The molecule has 2 aliphatic rings. The molecule has 0 spiro atoms. The van der Waals surface area contributed by atoms with E-state index >= 15 is 0 Å². The first kappa shape index (κ1) is 18.4. The first-order valence-corrected chi connectivity index (χ1v) is 10.7. The summed E-state index contributed by atoms with van der Waals surface area (Å²) in [4.78, 5) is 15.1. The molecule has 0 bridgehead atoms. The number of hydrogen-bond acceptors (Lipinski definition) is 3. The van der Waals surface area contributed by atoms with Crippen molar-refractivity contribution in [3.8, 4) is 0 Å². The van der Waals surface area contributed by atoms with E-state index in [1.807, 2.05) is 30.9 Å². The number of piperidine rings is 2. The lowest BCUT2D eigenvalue weighted by atomic mass is 9.97. The van der Waals surface area contributed by atoms with Crippen LogP contribution in [0, 0.1) is 19.8 Å². The number of carbonyl (C=O) groups excluding carboxylic acids is 1. The lowest BCUT2D eigenvalue weighted by molar-refractivity contribution is -0.137. The van der Waals surface area contributed by atoms with Crippen LogP contribution in [-0.2, 0) is 14.8 Å². The average molecular weight is 365 g/mol. The van der Waals surface area contributed by atoms with Crippen molar-refractivity contribution >= 4 is 15.9 Å². The number of benzene rings is 1. The smallest absolute Gasteiger partial charge is 0.243 e. The third-order valence-electron chi connectivity index (χ3n) is 5.36. The van der Waals surface area contributed by atoms with E-state index < -0.39 is 10.0 Å². The molecule has 0 saturated carbocycles. The zero-order valence-corrected chi connectivity index (χ0v) is 16.0. The molecule has 25 heavy (non-hydrogen) atoms. The summed E-state index contributed by atoms with van der Waals surface area (Å²) in [6.45, 7) is 6.17. The molecule has 0 aliphatic carbocycles. The summed E-state index contributed by atoms with van der Waals surface area (Å²) < 4.78 is 27.7. The zero-order valence-electron chi connectivity index (χ0n) is 15.2. The van der Waals surface area contributed by atoms with Gasteiger partial charge >= 0.3 is 0 Å². The Balaban J connectivity index is 1.78. The van der Waals surface area contributed by atoms with Gasteiger partial charge in [0, 0.05) is 26.2 Å². The second-order valence-electron chi connectivity index (χ2n) is 7.36. The van der Waals surface area contributed by atoms with Gasteiger partial charge in [-0.1, -0.05) is 12.1 Å². The van der Waals surface area contributed by atoms with Crippen molar-refractivity contribution in [3.05, 3.63) is 29.3 Å². The molecule has 0 unspecified atom stereocenters. The molecule has 138 valence electrons. The molecule has 0 aromatic heterocycles. The number of likely N-dealkylation sites (tertiary alicyclic amines) is 1. The van der Waals surface area contributed by atoms with Crippen LogP contribution >= 0.6 is 0 Å². The van der Waals surface area contributed by atoms with Crippen LogP contribution in [0.25, 0.3) is 0 Å². The molecule has 1 aromatic carbocycles. The Hall–Kier alpha value is -1.40. The van der Waals surface area contributed by atoms with Crippen molar-refractivity contribution in [2.45, 2.75) is 50.8 Å². The van der Waals surface area contributed by atoms with Gasteiger partial charge in [0.2, 0.25) is 15.9 Å². The number of aryl methyl sites for hydroxylation is 2. The normalized spacial score (nSPS) is 22.8. The summed E-state index contributed by atoms with van der Waals surface area (Å²) in [5.41, 5.74) is 1.69. The lowest BCUT2D eigenvalue weighted by Gasteiger charge is -2.35. The Bertz CT molecular complexity index is 739. The van der Waals surface area contributed by atoms with Crippen molar-refractivity contribution in [3.63, 3.8) is 0 Å². The quantitative estimate of drug-likeness (QED) is 0.829. The van der Waals surface area contributed by atoms with E-state index in [-0.39, 0.29) is 11.8 Å². The Labute approximate surface area is 151 Å². The maximum atomic E-state index is 13.1. The van der Waals surface area contributed by atoms with Crippen molar-refractivity contribution in [1.82, 2.24) is 9.21 Å². The predicted octanol–water partition coefficient (Wildman–Crippen LogP) is 2.72. The van der Waals surface area contributed by atoms with E-state index in [4.69, 9.17) is 0 Å². The van der Waals surface area contributed by atoms with Crippen LogP contribution in [-0.4, -0.2) is 49.7 Å². The van der Waals surface area contributed by atoms with Crippen LogP contribution in [0.5, 0.6) is 0 Å². The Morgan fingerprint density at radius 3 is 2.48 bits per heavy atom. The van der Waals surface area contributed by atoms with E-state index in [2.05, 4.69) is 0 Å². The van der Waals surface area contributed by atoms with E-state index in [1.165, 1.54) is 10.7 Å². The average Bonchev–Trinajstić information content (AvgIpc) is 2.64. The Morgan fingerprint density at radius 1 is 1.04 bits per heavy atom. The van der Waals surface area contributed by atoms with Crippen LogP contribution < -0.4 is 0 Å². The molecule has 1 aromatic rings. The Morgan fingerprint density at radius 2 is 1.76 bits per heavy atom. The molecule has 2 heterocycles. The summed E-state index contributed by atoms with van der Waals surface area (Å²) in [6, 6.07) is 5.51. The highest BCUT2D eigenvalue weighted by atomic mass is 32.2. The van der Waals surface area contributed by atoms with Gasteiger partial charge in [-0.25, -0.2) is 8.42 Å². The van der Waals surface area contributed by atoms with Gasteiger partial charge in [-0.05, 0) is 63.1 Å². The van der Waals surface area contributed by atoms with Crippen molar-refractivity contribution in [2.75, 3.05) is 26.2 Å². The Kier molecular flexibility index (Phi) is 5.49. The summed E-state index contributed by atoms with van der Waals surface area (Å²) >= 11 is 0. The fourth-order valence-corrected chi connectivity index (χ4v) is 5.69. The van der Waals surface area contributed by atoms with E-state index in [0.717, 1.165) is 49.9 Å². The summed E-state index contributed by atoms with van der Waals surface area (Å²) in [6.07, 6.45) is 4.83. The van der Waals surface area contributed by atoms with Crippen molar-refractivity contribution in [1.29, 1.82) is 0 Å². The molecular formula is C19H28N2O3S. The largest absolute Gasteiger partial charge is 0.342 e. The summed E-state index contributed by atoms with van der Waals surface area (Å²) in [5, 5.41) is 0. The molecule has 6 heteroatoms. The molecule has 0 N–H and O–H groups in total. The summed E-state index contributed by atoms with van der Waals surface area (Å²) in [5.74, 6) is -0.0627.